The maximum Gasteiger partial charge on any atom is 0.152 e. The van der Waals surface area contributed by atoms with Crippen LogP contribution in [0.1, 0.15) is 19.3 Å². The summed E-state index contributed by atoms with van der Waals surface area (Å²) < 4.78 is 37.2. The molecular formula is C10H10O. The zero-order valence-corrected chi connectivity index (χ0v) is 6.06. The molecule has 0 bridgehead atoms. The molecule has 1 heteroatoms. The second-order valence-electron chi connectivity index (χ2n) is 1.98. The number of carbonyl (C=O) groups is 1. The normalized spacial score (nSPS) is 16.6. The van der Waals surface area contributed by atoms with Gasteiger partial charge in [-0.15, -0.1) is 0 Å². The molecule has 0 atom stereocenters. The van der Waals surface area contributed by atoms with E-state index in [0.717, 1.165) is 0 Å². The molecule has 0 radical (unpaired) electrons. The number of hydrogen-bond donors (Lipinski definition) is 0. The Bertz CT molecular complexity index is 450. The number of ketones is 1. The second-order valence-corrected chi connectivity index (χ2v) is 1.98. The van der Waals surface area contributed by atoms with Gasteiger partial charge in [0.15, 0.2) is 5.78 Å². The van der Waals surface area contributed by atoms with Crippen LogP contribution in [0.2, 0.25) is 0 Å². The smallest absolute Gasteiger partial charge is 0.152 e. The minimum atomic E-state index is -0.435. The van der Waals surface area contributed by atoms with E-state index in [4.69, 9.17) is 6.85 Å². The van der Waals surface area contributed by atoms with E-state index >= 15 is 0 Å². The van der Waals surface area contributed by atoms with E-state index in [1.165, 1.54) is 19.1 Å². The van der Waals surface area contributed by atoms with Crippen molar-refractivity contribution < 1.29 is 11.6 Å². The summed E-state index contributed by atoms with van der Waals surface area (Å²) in [7, 11) is 0. The van der Waals surface area contributed by atoms with Gasteiger partial charge in [0.05, 0.1) is 6.85 Å². The Hall–Kier alpha value is -1.37. The van der Waals surface area contributed by atoms with Crippen LogP contribution < -0.4 is 0 Å². The van der Waals surface area contributed by atoms with E-state index in [1.807, 2.05) is 0 Å². The van der Waals surface area contributed by atoms with Gasteiger partial charge in [-0.25, -0.2) is 0 Å². The van der Waals surface area contributed by atoms with Crippen molar-refractivity contribution in [3.63, 3.8) is 0 Å². The zero-order chi connectivity index (χ0) is 12.5. The van der Waals surface area contributed by atoms with Crippen molar-refractivity contribution in [1.82, 2.24) is 0 Å². The molecule has 0 N–H and O–H groups in total. The Balaban J connectivity index is 3.45. The van der Waals surface area contributed by atoms with Crippen molar-refractivity contribution >= 4 is 11.9 Å². The highest BCUT2D eigenvalue weighted by atomic mass is 16.1. The molecule has 0 aliphatic heterocycles. The first-order valence-electron chi connectivity index (χ1n) is 5.61. The molecule has 0 amide bonds. The van der Waals surface area contributed by atoms with Crippen molar-refractivity contribution in [3.05, 3.63) is 41.9 Å². The Morgan fingerprint density at radius 2 is 2.09 bits per heavy atom. The Morgan fingerprint density at radius 1 is 1.45 bits per heavy atom. The lowest BCUT2D eigenvalue weighted by molar-refractivity contribution is -0.112. The van der Waals surface area contributed by atoms with Crippen LogP contribution >= 0.6 is 0 Å². The molecule has 1 aromatic rings. The molecule has 0 saturated heterocycles. The largest absolute Gasteiger partial charge is 0.295 e. The fourth-order valence-electron chi connectivity index (χ4n) is 0.544. The summed E-state index contributed by atoms with van der Waals surface area (Å²) in [6.07, 6.45) is 2.41. The molecule has 56 valence electrons. The summed E-state index contributed by atoms with van der Waals surface area (Å²) >= 11 is 0. The molecule has 11 heavy (non-hydrogen) atoms. The van der Waals surface area contributed by atoms with Crippen LogP contribution in [-0.2, 0) is 4.79 Å². The summed E-state index contributed by atoms with van der Waals surface area (Å²) in [5, 5.41) is 0. The lowest BCUT2D eigenvalue weighted by Gasteiger charge is -1.88. The van der Waals surface area contributed by atoms with Gasteiger partial charge < -0.3 is 0 Å². The molecule has 0 aromatic heterocycles. The molecule has 0 spiro atoms. The van der Waals surface area contributed by atoms with Crippen LogP contribution in [0.3, 0.4) is 0 Å². The molecule has 0 unspecified atom stereocenters. The average Bonchev–Trinajstić information content (AvgIpc) is 2.23. The third kappa shape index (κ3) is 2.80. The van der Waals surface area contributed by atoms with Crippen molar-refractivity contribution in [1.29, 1.82) is 0 Å². The van der Waals surface area contributed by atoms with Gasteiger partial charge in [-0.05, 0) is 18.6 Å². The highest BCUT2D eigenvalue weighted by Crippen LogP contribution is 2.00. The van der Waals surface area contributed by atoms with Crippen molar-refractivity contribution in [3.8, 4) is 0 Å². The summed E-state index contributed by atoms with van der Waals surface area (Å²) in [6, 6.07) is -1.84. The molecule has 1 aromatic carbocycles. The zero-order valence-electron chi connectivity index (χ0n) is 11.1. The Kier molecular flexibility index (Phi) is 1.13. The third-order valence-corrected chi connectivity index (χ3v) is 1.00. The van der Waals surface area contributed by atoms with E-state index in [1.54, 1.807) is 0 Å². The molecule has 1 nitrogen and oxygen atoms in total. The number of rotatable bonds is 2. The highest BCUT2D eigenvalue weighted by molar-refractivity contribution is 5.91. The maximum atomic E-state index is 10.7. The van der Waals surface area contributed by atoms with Crippen LogP contribution in [0.15, 0.2) is 36.3 Å². The van der Waals surface area contributed by atoms with Crippen molar-refractivity contribution in [2.45, 2.75) is 6.92 Å². The van der Waals surface area contributed by atoms with Crippen LogP contribution in [0.5, 0.6) is 0 Å². The highest BCUT2D eigenvalue weighted by Gasteiger charge is 1.83. The first-order valence-corrected chi connectivity index (χ1v) is 3.11. The van der Waals surface area contributed by atoms with E-state index in [0.29, 0.717) is 0 Å². The monoisotopic (exact) mass is 151 g/mol. The lowest BCUT2D eigenvalue weighted by Crippen LogP contribution is -1.79. The van der Waals surface area contributed by atoms with E-state index in [-0.39, 0.29) is 23.4 Å². The Morgan fingerprint density at radius 3 is 2.64 bits per heavy atom. The minimum Gasteiger partial charge on any atom is -0.295 e. The van der Waals surface area contributed by atoms with Gasteiger partial charge in [0.25, 0.3) is 0 Å². The number of carbonyl (C=O) groups excluding carboxylic acids is 1. The maximum absolute atomic E-state index is 10.7. The predicted octanol–water partition coefficient (Wildman–Crippen LogP) is 2.29. The van der Waals surface area contributed by atoms with Gasteiger partial charge in [0, 0.05) is 0 Å². The van der Waals surface area contributed by atoms with Gasteiger partial charge in [-0.2, -0.15) is 0 Å². The molecule has 0 fully saturated rings. The SMILES string of the molecule is [2H]c1c([2H])c([2H])c(/C=C/C(C)=O)c([2H])c1[2H]. The van der Waals surface area contributed by atoms with Crippen molar-refractivity contribution in [2.75, 3.05) is 0 Å². The number of allylic oxidation sites excluding steroid dienone is 1. The van der Waals surface area contributed by atoms with Gasteiger partial charge in [0.2, 0.25) is 0 Å². The number of benzene rings is 1. The van der Waals surface area contributed by atoms with Crippen molar-refractivity contribution in [2.24, 2.45) is 0 Å². The average molecular weight is 151 g/mol. The second kappa shape index (κ2) is 3.71. The van der Waals surface area contributed by atoms with E-state index in [9.17, 15) is 4.79 Å². The van der Waals surface area contributed by atoms with Crippen LogP contribution in [0.4, 0.5) is 0 Å². The number of hydrogen-bond acceptors (Lipinski definition) is 1. The lowest BCUT2D eigenvalue weighted by atomic mass is 10.2. The quantitative estimate of drug-likeness (QED) is 0.593. The summed E-state index contributed by atoms with van der Waals surface area (Å²) in [4.78, 5) is 10.7. The first kappa shape index (κ1) is 3.35. The fraction of sp³-hybridized carbons (Fsp3) is 0.100. The Labute approximate surface area is 73.4 Å². The van der Waals surface area contributed by atoms with E-state index < -0.39 is 18.1 Å². The van der Waals surface area contributed by atoms with Crippen LogP contribution in [-0.4, -0.2) is 5.78 Å². The fourth-order valence-corrected chi connectivity index (χ4v) is 0.544. The minimum absolute atomic E-state index is 0.0289. The summed E-state index contributed by atoms with van der Waals surface area (Å²) in [5.74, 6) is -0.244. The van der Waals surface area contributed by atoms with Gasteiger partial charge in [0.1, 0.15) is 0 Å². The summed E-state index contributed by atoms with van der Waals surface area (Å²) in [5.41, 5.74) is 0.0289. The molecule has 0 heterocycles. The molecule has 0 aliphatic carbocycles. The van der Waals surface area contributed by atoms with Gasteiger partial charge in [-0.1, -0.05) is 36.3 Å². The predicted molar refractivity (Wildman–Crippen MR) is 46.2 cm³/mol. The molecule has 0 saturated carbocycles. The van der Waals surface area contributed by atoms with E-state index in [2.05, 4.69) is 0 Å². The molecule has 1 rings (SSSR count). The summed E-state index contributed by atoms with van der Waals surface area (Å²) in [6.45, 7) is 1.33. The van der Waals surface area contributed by atoms with Crippen LogP contribution in [0, 0.1) is 0 Å². The topological polar surface area (TPSA) is 17.1 Å². The van der Waals surface area contributed by atoms with Gasteiger partial charge in [-0.3, -0.25) is 4.79 Å². The first-order chi connectivity index (χ1) is 7.36. The standard InChI is InChI=1S/C10H10O/c1-9(11)7-8-10-5-3-2-4-6-10/h2-8H,1H3/b8-7+/i2D,3D,4D,5D,6D. The van der Waals surface area contributed by atoms with Crippen LogP contribution in [0.25, 0.3) is 6.08 Å². The molecule has 0 aliphatic rings. The third-order valence-electron chi connectivity index (χ3n) is 1.00. The van der Waals surface area contributed by atoms with Gasteiger partial charge >= 0.3 is 0 Å². The molecular weight excluding hydrogens is 136 g/mol.